The van der Waals surface area contributed by atoms with Crippen molar-refractivity contribution in [2.24, 2.45) is 0 Å². The van der Waals surface area contributed by atoms with E-state index in [-0.39, 0.29) is 5.82 Å². The zero-order chi connectivity index (χ0) is 15.3. The molecule has 21 heavy (non-hydrogen) atoms. The fourth-order valence-corrected chi connectivity index (χ4v) is 2.51. The Hall–Kier alpha value is -1.60. The molecule has 1 unspecified atom stereocenters. The molecule has 0 aliphatic heterocycles. The lowest BCUT2D eigenvalue weighted by Crippen LogP contribution is -2.42. The van der Waals surface area contributed by atoms with Gasteiger partial charge in [-0.15, -0.1) is 0 Å². The monoisotopic (exact) mass is 289 g/mol. The quantitative estimate of drug-likeness (QED) is 0.745. The fourth-order valence-electron chi connectivity index (χ4n) is 2.51. The van der Waals surface area contributed by atoms with Crippen molar-refractivity contribution in [2.75, 3.05) is 18.5 Å². The van der Waals surface area contributed by atoms with E-state index in [1.165, 1.54) is 18.9 Å². The van der Waals surface area contributed by atoms with E-state index in [4.69, 9.17) is 0 Å². The first kappa shape index (κ1) is 15.8. The molecule has 0 spiro atoms. The van der Waals surface area contributed by atoms with E-state index in [2.05, 4.69) is 16.3 Å². The molecule has 1 aromatic carbocycles. The van der Waals surface area contributed by atoms with Gasteiger partial charge in [0.25, 0.3) is 0 Å². The number of halogens is 1. The fraction of sp³-hybridized carbons (Fsp3) is 0.588. The second-order valence-corrected chi connectivity index (χ2v) is 6.22. The first-order chi connectivity index (χ1) is 10.0. The molecule has 4 heteroatoms. The minimum atomic E-state index is -0.404. The molecule has 114 valence electrons. The molecule has 1 N–H and O–H groups in total. The van der Waals surface area contributed by atoms with Gasteiger partial charge >= 0.3 is 0 Å². The van der Waals surface area contributed by atoms with E-state index in [1.54, 1.807) is 12.1 Å². The molecule has 3 nitrogen and oxygen atoms in total. The highest BCUT2D eigenvalue weighted by Crippen LogP contribution is 2.25. The second kappa shape index (κ2) is 6.91. The maximum Gasteiger partial charge on any atom is 0.125 e. The van der Waals surface area contributed by atoms with Crippen molar-refractivity contribution in [3.05, 3.63) is 30.1 Å². The van der Waals surface area contributed by atoms with Gasteiger partial charge in [0, 0.05) is 25.3 Å². The van der Waals surface area contributed by atoms with Crippen molar-refractivity contribution in [1.29, 1.82) is 5.26 Å². The summed E-state index contributed by atoms with van der Waals surface area (Å²) in [6.07, 6.45) is 5.23. The minimum absolute atomic E-state index is 0.204. The van der Waals surface area contributed by atoms with Crippen LogP contribution in [0.4, 0.5) is 10.1 Å². The Labute approximate surface area is 126 Å². The second-order valence-electron chi connectivity index (χ2n) is 6.22. The van der Waals surface area contributed by atoms with Gasteiger partial charge in [-0.3, -0.25) is 5.32 Å². The van der Waals surface area contributed by atoms with E-state index in [0.717, 1.165) is 31.5 Å². The van der Waals surface area contributed by atoms with E-state index < -0.39 is 5.54 Å². The molecular weight excluding hydrogens is 265 g/mol. The van der Waals surface area contributed by atoms with E-state index in [0.29, 0.717) is 6.04 Å². The molecule has 1 aliphatic carbocycles. The molecular formula is C17H24FN3. The summed E-state index contributed by atoms with van der Waals surface area (Å²) < 4.78 is 13.2. The van der Waals surface area contributed by atoms with Crippen molar-refractivity contribution in [2.45, 2.75) is 50.6 Å². The van der Waals surface area contributed by atoms with Gasteiger partial charge in [0.1, 0.15) is 11.4 Å². The van der Waals surface area contributed by atoms with Gasteiger partial charge in [-0.05, 0) is 57.2 Å². The van der Waals surface area contributed by atoms with Crippen molar-refractivity contribution in [1.82, 2.24) is 5.32 Å². The largest absolute Gasteiger partial charge is 0.375 e. The van der Waals surface area contributed by atoms with Gasteiger partial charge in [-0.25, -0.2) is 4.39 Å². The Balaban J connectivity index is 1.72. The summed E-state index contributed by atoms with van der Waals surface area (Å²) in [6, 6.07) is 9.60. The van der Waals surface area contributed by atoms with Crippen LogP contribution in [0.2, 0.25) is 0 Å². The molecule has 1 saturated carbocycles. The first-order valence-electron chi connectivity index (χ1n) is 7.68. The summed E-state index contributed by atoms with van der Waals surface area (Å²) in [5, 5.41) is 12.7. The van der Waals surface area contributed by atoms with Crippen LogP contribution in [-0.2, 0) is 0 Å². The molecule has 0 bridgehead atoms. The third-order valence-corrected chi connectivity index (χ3v) is 4.02. The number of hydrogen-bond acceptors (Lipinski definition) is 3. The van der Waals surface area contributed by atoms with Crippen LogP contribution in [0.15, 0.2) is 24.3 Å². The number of unbranched alkanes of at least 4 members (excludes halogenated alkanes) is 1. The lowest BCUT2D eigenvalue weighted by Gasteiger charge is -2.24. The number of anilines is 1. The molecule has 2 rings (SSSR count). The maximum atomic E-state index is 13.2. The predicted octanol–water partition coefficient (Wildman–Crippen LogP) is 3.47. The number of nitriles is 1. The van der Waals surface area contributed by atoms with Gasteiger partial charge < -0.3 is 4.90 Å². The zero-order valence-corrected chi connectivity index (χ0v) is 12.9. The van der Waals surface area contributed by atoms with E-state index in [9.17, 15) is 9.65 Å². The lowest BCUT2D eigenvalue weighted by molar-refractivity contribution is 0.399. The van der Waals surface area contributed by atoms with Crippen molar-refractivity contribution in [3.63, 3.8) is 0 Å². The Morgan fingerprint density at radius 1 is 1.43 bits per heavy atom. The van der Waals surface area contributed by atoms with Gasteiger partial charge in [0.05, 0.1) is 6.07 Å². The predicted molar refractivity (Wildman–Crippen MR) is 83.7 cm³/mol. The first-order valence-corrected chi connectivity index (χ1v) is 7.68. The summed E-state index contributed by atoms with van der Waals surface area (Å²) in [6.45, 7) is 2.86. The normalized spacial score (nSPS) is 17.0. The summed E-state index contributed by atoms with van der Waals surface area (Å²) in [7, 11) is 1.97. The van der Waals surface area contributed by atoms with Crippen LogP contribution < -0.4 is 10.2 Å². The van der Waals surface area contributed by atoms with Crippen molar-refractivity contribution < 1.29 is 4.39 Å². The maximum absolute atomic E-state index is 13.2. The number of rotatable bonds is 8. The molecule has 1 fully saturated rings. The van der Waals surface area contributed by atoms with Crippen LogP contribution in [0, 0.1) is 17.1 Å². The van der Waals surface area contributed by atoms with Crippen molar-refractivity contribution in [3.8, 4) is 6.07 Å². The summed E-state index contributed by atoms with van der Waals surface area (Å²) in [4.78, 5) is 2.06. The van der Waals surface area contributed by atoms with Crippen LogP contribution in [0.1, 0.15) is 39.0 Å². The number of nitrogens with zero attached hydrogens (tertiary/aromatic N) is 2. The number of hydrogen-bond donors (Lipinski definition) is 1. The summed E-state index contributed by atoms with van der Waals surface area (Å²) in [5.41, 5.74) is 0.493. The highest BCUT2D eigenvalue weighted by Gasteiger charge is 2.31. The Bertz CT molecular complexity index is 507. The van der Waals surface area contributed by atoms with Crippen LogP contribution in [0.25, 0.3) is 0 Å². The Morgan fingerprint density at radius 2 is 2.19 bits per heavy atom. The standard InChI is InChI=1S/C17H24FN3/c1-17(13-19,20-15-8-9-15)10-3-4-11-21(2)16-7-5-6-14(18)12-16/h5-7,12,15,20H,3-4,8-11H2,1-2H3. The van der Waals surface area contributed by atoms with Gasteiger partial charge in [-0.1, -0.05) is 6.07 Å². The molecule has 0 saturated heterocycles. The van der Waals surface area contributed by atoms with Crippen molar-refractivity contribution >= 4 is 5.69 Å². The van der Waals surface area contributed by atoms with Crippen LogP contribution in [0.5, 0.6) is 0 Å². The van der Waals surface area contributed by atoms with Gasteiger partial charge in [-0.2, -0.15) is 5.26 Å². The van der Waals surface area contributed by atoms with E-state index >= 15 is 0 Å². The van der Waals surface area contributed by atoms with Crippen LogP contribution in [0.3, 0.4) is 0 Å². The number of nitrogens with one attached hydrogen (secondary N) is 1. The summed E-state index contributed by atoms with van der Waals surface area (Å²) in [5.74, 6) is -0.204. The SMILES string of the molecule is CN(CCCCC(C)(C#N)NC1CC1)c1cccc(F)c1. The third-order valence-electron chi connectivity index (χ3n) is 4.02. The van der Waals surface area contributed by atoms with Crippen LogP contribution in [-0.4, -0.2) is 25.2 Å². The third kappa shape index (κ3) is 5.02. The molecule has 0 aromatic heterocycles. The van der Waals surface area contributed by atoms with Gasteiger partial charge in [0.2, 0.25) is 0 Å². The highest BCUT2D eigenvalue weighted by molar-refractivity contribution is 5.45. The Morgan fingerprint density at radius 3 is 2.81 bits per heavy atom. The van der Waals surface area contributed by atoms with Gasteiger partial charge in [0.15, 0.2) is 0 Å². The lowest BCUT2D eigenvalue weighted by atomic mass is 9.96. The Kier molecular flexibility index (Phi) is 5.19. The molecule has 1 atom stereocenters. The smallest absolute Gasteiger partial charge is 0.125 e. The molecule has 0 radical (unpaired) electrons. The highest BCUT2D eigenvalue weighted by atomic mass is 19.1. The molecule has 0 heterocycles. The average Bonchev–Trinajstić information content (AvgIpc) is 3.27. The zero-order valence-electron chi connectivity index (χ0n) is 12.9. The molecule has 0 amide bonds. The summed E-state index contributed by atoms with van der Waals surface area (Å²) >= 11 is 0. The average molecular weight is 289 g/mol. The number of benzene rings is 1. The molecule has 1 aliphatic rings. The van der Waals surface area contributed by atoms with Crippen LogP contribution >= 0.6 is 0 Å². The minimum Gasteiger partial charge on any atom is -0.375 e. The van der Waals surface area contributed by atoms with E-state index in [1.807, 2.05) is 20.0 Å². The molecule has 1 aromatic rings. The topological polar surface area (TPSA) is 39.1 Å².